The van der Waals surface area contributed by atoms with Crippen LogP contribution in [-0.4, -0.2) is 61.0 Å². The van der Waals surface area contributed by atoms with Gasteiger partial charge in [0.05, 0.1) is 4.90 Å². The molecule has 8 nitrogen and oxygen atoms in total. The van der Waals surface area contributed by atoms with E-state index in [2.05, 4.69) is 21.8 Å². The van der Waals surface area contributed by atoms with E-state index >= 15 is 0 Å². The SMILES string of the molecule is O=C(/C=C/c1ccc(CN2CCC(CN(C(=O)O)[C@@H]3C[C@H]3c3ccccc3)CC2)cc1)NS(=O)(=O)c1ccccc1. The first kappa shape index (κ1) is 28.6. The number of amides is 2. The average Bonchev–Trinajstić information content (AvgIpc) is 3.78. The molecule has 2 amide bonds. The zero-order chi connectivity index (χ0) is 28.8. The number of carbonyl (C=O) groups excluding carboxylic acids is 1. The number of nitrogens with one attached hydrogen (secondary N) is 1. The van der Waals surface area contributed by atoms with Gasteiger partial charge in [0.2, 0.25) is 0 Å². The predicted octanol–water partition coefficient (Wildman–Crippen LogP) is 4.95. The molecule has 1 heterocycles. The van der Waals surface area contributed by atoms with Crippen LogP contribution in [0, 0.1) is 5.92 Å². The lowest BCUT2D eigenvalue weighted by Gasteiger charge is -2.34. The number of carboxylic acid groups (broad SMARTS) is 1. The Kier molecular flexibility index (Phi) is 8.85. The van der Waals surface area contributed by atoms with Crippen molar-refractivity contribution in [2.75, 3.05) is 19.6 Å². The number of hydrogen-bond acceptors (Lipinski definition) is 5. The number of piperidine rings is 1. The van der Waals surface area contributed by atoms with Gasteiger partial charge >= 0.3 is 6.09 Å². The summed E-state index contributed by atoms with van der Waals surface area (Å²) in [7, 11) is -3.91. The molecule has 0 spiro atoms. The normalized spacial score (nSPS) is 19.6. The molecule has 41 heavy (non-hydrogen) atoms. The van der Waals surface area contributed by atoms with Gasteiger partial charge in [0, 0.05) is 31.1 Å². The fourth-order valence-corrected chi connectivity index (χ4v) is 6.50. The summed E-state index contributed by atoms with van der Waals surface area (Å²) in [6.07, 6.45) is 4.81. The zero-order valence-corrected chi connectivity index (χ0v) is 23.6. The highest BCUT2D eigenvalue weighted by atomic mass is 32.2. The minimum Gasteiger partial charge on any atom is -0.465 e. The molecule has 0 aromatic heterocycles. The van der Waals surface area contributed by atoms with Gasteiger partial charge in [0.15, 0.2) is 0 Å². The molecule has 1 saturated carbocycles. The Bertz CT molecular complexity index is 1470. The highest BCUT2D eigenvalue weighted by Crippen LogP contribution is 2.45. The van der Waals surface area contributed by atoms with E-state index in [0.717, 1.165) is 50.0 Å². The molecule has 2 N–H and O–H groups in total. The Morgan fingerprint density at radius 1 is 0.927 bits per heavy atom. The quantitative estimate of drug-likeness (QED) is 0.332. The topological polar surface area (TPSA) is 107 Å². The second kappa shape index (κ2) is 12.7. The molecule has 9 heteroatoms. The van der Waals surface area contributed by atoms with Crippen LogP contribution in [0.1, 0.15) is 41.9 Å². The molecule has 1 aliphatic heterocycles. The maximum absolute atomic E-state index is 12.3. The van der Waals surface area contributed by atoms with E-state index in [1.165, 1.54) is 23.8 Å². The molecular formula is C32H35N3O5S. The number of nitrogens with zero attached hydrogens (tertiary/aromatic N) is 2. The Hall–Kier alpha value is -3.95. The fraction of sp³-hybridized carbons (Fsp3) is 0.312. The van der Waals surface area contributed by atoms with Gasteiger partial charge in [-0.1, -0.05) is 72.8 Å². The van der Waals surface area contributed by atoms with Crippen LogP contribution in [0.2, 0.25) is 0 Å². The molecular weight excluding hydrogens is 538 g/mol. The number of sulfonamides is 1. The van der Waals surface area contributed by atoms with Gasteiger partial charge in [0.1, 0.15) is 0 Å². The standard InChI is InChI=1S/C32H35N3O5S/c36-31(33-41(39,40)28-9-5-2-6-10-28)16-15-24-11-13-25(14-12-24)22-34-19-17-26(18-20-34)23-35(32(37)38)30-21-29(30)27-7-3-1-4-8-27/h1-16,26,29-30H,17-23H2,(H,33,36)(H,37,38)/b16-15+/t29-,30+/m0/s1. The van der Waals surface area contributed by atoms with E-state index < -0.39 is 22.0 Å². The fourth-order valence-electron chi connectivity index (χ4n) is 5.53. The summed E-state index contributed by atoms with van der Waals surface area (Å²) in [5, 5.41) is 9.88. The van der Waals surface area contributed by atoms with Crippen LogP contribution >= 0.6 is 0 Å². The Morgan fingerprint density at radius 2 is 1.56 bits per heavy atom. The van der Waals surface area contributed by atoms with Crippen LogP contribution in [-0.2, 0) is 21.4 Å². The van der Waals surface area contributed by atoms with Crippen molar-refractivity contribution < 1.29 is 23.1 Å². The summed E-state index contributed by atoms with van der Waals surface area (Å²) < 4.78 is 26.6. The first-order valence-electron chi connectivity index (χ1n) is 13.9. The average molecular weight is 574 g/mol. The monoisotopic (exact) mass is 573 g/mol. The zero-order valence-electron chi connectivity index (χ0n) is 22.8. The van der Waals surface area contributed by atoms with Gasteiger partial charge in [-0.15, -0.1) is 0 Å². The highest BCUT2D eigenvalue weighted by Gasteiger charge is 2.45. The van der Waals surface area contributed by atoms with Crippen molar-refractivity contribution in [2.45, 2.75) is 42.7 Å². The smallest absolute Gasteiger partial charge is 0.407 e. The Morgan fingerprint density at radius 3 is 2.20 bits per heavy atom. The van der Waals surface area contributed by atoms with E-state index in [9.17, 15) is 23.1 Å². The lowest BCUT2D eigenvalue weighted by atomic mass is 9.95. The van der Waals surface area contributed by atoms with Gasteiger partial charge in [0.25, 0.3) is 15.9 Å². The van der Waals surface area contributed by atoms with Gasteiger partial charge < -0.3 is 10.0 Å². The van der Waals surface area contributed by atoms with Crippen LogP contribution in [0.15, 0.2) is 95.9 Å². The molecule has 1 aliphatic carbocycles. The second-order valence-corrected chi connectivity index (χ2v) is 12.5. The number of carbonyl (C=O) groups is 2. The maximum Gasteiger partial charge on any atom is 0.407 e. The predicted molar refractivity (Wildman–Crippen MR) is 158 cm³/mol. The lowest BCUT2D eigenvalue weighted by molar-refractivity contribution is -0.114. The third kappa shape index (κ3) is 7.62. The first-order valence-corrected chi connectivity index (χ1v) is 15.4. The Balaban J connectivity index is 1.07. The summed E-state index contributed by atoms with van der Waals surface area (Å²) in [6.45, 7) is 3.23. The highest BCUT2D eigenvalue weighted by molar-refractivity contribution is 7.90. The maximum atomic E-state index is 12.3. The Labute approximate surface area is 241 Å². The van der Waals surface area contributed by atoms with Crippen LogP contribution in [0.3, 0.4) is 0 Å². The molecule has 2 aliphatic rings. The van der Waals surface area contributed by atoms with E-state index in [4.69, 9.17) is 0 Å². The van der Waals surface area contributed by atoms with Crippen LogP contribution < -0.4 is 4.72 Å². The van der Waals surface area contributed by atoms with Crippen LogP contribution in [0.4, 0.5) is 4.79 Å². The number of hydrogen-bond donors (Lipinski definition) is 2. The molecule has 5 rings (SSSR count). The summed E-state index contributed by atoms with van der Waals surface area (Å²) >= 11 is 0. The number of likely N-dealkylation sites (tertiary alicyclic amines) is 1. The van der Waals surface area contributed by atoms with Crippen molar-refractivity contribution in [3.63, 3.8) is 0 Å². The van der Waals surface area contributed by atoms with Crippen LogP contribution in [0.25, 0.3) is 6.08 Å². The van der Waals surface area contributed by atoms with Gasteiger partial charge in [-0.25, -0.2) is 17.9 Å². The summed E-state index contributed by atoms with van der Waals surface area (Å²) in [5.41, 5.74) is 3.16. The first-order chi connectivity index (χ1) is 19.8. The van der Waals surface area contributed by atoms with E-state index in [-0.39, 0.29) is 10.9 Å². The van der Waals surface area contributed by atoms with Crippen molar-refractivity contribution in [3.8, 4) is 0 Å². The van der Waals surface area contributed by atoms with Gasteiger partial charge in [-0.3, -0.25) is 9.69 Å². The molecule has 0 unspecified atom stereocenters. The number of benzene rings is 3. The second-order valence-electron chi connectivity index (χ2n) is 10.8. The number of rotatable bonds is 10. The van der Waals surface area contributed by atoms with Crippen molar-refractivity contribution >= 4 is 28.1 Å². The van der Waals surface area contributed by atoms with Crippen molar-refractivity contribution in [3.05, 3.63) is 108 Å². The molecule has 3 aromatic carbocycles. The van der Waals surface area contributed by atoms with E-state index in [0.29, 0.717) is 18.4 Å². The lowest BCUT2D eigenvalue weighted by Crippen LogP contribution is -2.41. The van der Waals surface area contributed by atoms with Gasteiger partial charge in [-0.05, 0) is 73.2 Å². The molecule has 214 valence electrons. The summed E-state index contributed by atoms with van der Waals surface area (Å²) in [6, 6.07) is 25.9. The van der Waals surface area contributed by atoms with E-state index in [1.54, 1.807) is 29.2 Å². The van der Waals surface area contributed by atoms with Crippen molar-refractivity contribution in [2.24, 2.45) is 5.92 Å². The molecule has 3 aromatic rings. The third-order valence-corrected chi connectivity index (χ3v) is 9.26. The summed E-state index contributed by atoms with van der Waals surface area (Å²) in [4.78, 5) is 28.3. The van der Waals surface area contributed by atoms with Crippen molar-refractivity contribution in [1.82, 2.24) is 14.5 Å². The minimum atomic E-state index is -3.91. The van der Waals surface area contributed by atoms with Gasteiger partial charge in [-0.2, -0.15) is 0 Å². The van der Waals surface area contributed by atoms with Crippen molar-refractivity contribution in [1.29, 1.82) is 0 Å². The molecule has 2 atom stereocenters. The van der Waals surface area contributed by atoms with E-state index in [1.807, 2.05) is 42.5 Å². The van der Waals surface area contributed by atoms with Crippen LogP contribution in [0.5, 0.6) is 0 Å². The molecule has 2 fully saturated rings. The minimum absolute atomic E-state index is 0.0361. The largest absolute Gasteiger partial charge is 0.465 e. The molecule has 1 saturated heterocycles. The summed E-state index contributed by atoms with van der Waals surface area (Å²) in [5.74, 6) is -0.0369. The third-order valence-electron chi connectivity index (χ3n) is 7.89. The molecule has 0 radical (unpaired) electrons. The molecule has 0 bridgehead atoms.